The first kappa shape index (κ1) is 45.2. The summed E-state index contributed by atoms with van der Waals surface area (Å²) in [6.07, 6.45) is 8.84. The molecule has 68 heavy (non-hydrogen) atoms. The summed E-state index contributed by atoms with van der Waals surface area (Å²) in [5.74, 6) is 2.80. The zero-order chi connectivity index (χ0) is 47.3. The number of likely N-dealkylation sites (tertiary alicyclic amines) is 1. The van der Waals surface area contributed by atoms with E-state index in [1.165, 1.54) is 11.9 Å². The van der Waals surface area contributed by atoms with Crippen molar-refractivity contribution in [2.24, 2.45) is 22.9 Å². The van der Waals surface area contributed by atoms with Gasteiger partial charge >= 0.3 is 0 Å². The van der Waals surface area contributed by atoms with Gasteiger partial charge in [0, 0.05) is 42.6 Å². The second-order valence-electron chi connectivity index (χ2n) is 20.0. The highest BCUT2D eigenvalue weighted by molar-refractivity contribution is 6.11. The van der Waals surface area contributed by atoms with Crippen LogP contribution in [0.2, 0.25) is 0 Å². The predicted molar refractivity (Wildman–Crippen MR) is 256 cm³/mol. The van der Waals surface area contributed by atoms with Crippen LogP contribution in [0.1, 0.15) is 105 Å². The number of nitrogens with zero attached hydrogens (tertiary/aromatic N) is 5. The van der Waals surface area contributed by atoms with Crippen LogP contribution in [-0.4, -0.2) is 101 Å². The minimum Gasteiger partial charge on any atom is -0.493 e. The highest BCUT2D eigenvalue weighted by atomic mass is 16.7. The standard InChI is InChI=1S/C53H61N7O8/c1-30-43(46-48(56-30)47(55-28-54-46)44-40(66-27-32-11-12-32)19-20-41-49(44)68-29-67-41)50(61)57-38(25-31-13-16-34(17-14-31)53(2,3)4)52(63)59-23-21-35(22-24-59)60-51(62)37-10-8-7-9-36(37)45(58-60)33-15-18-39(64-5)42(26-33)65-6/h13-20,26,28,32,35-38,56H,7-12,21-25,27,29H2,1-6H3,(H,57,61)/t36-,37+,38+/m0/s1. The molecule has 15 nitrogen and oxygen atoms in total. The van der Waals surface area contributed by atoms with Gasteiger partial charge in [-0.3, -0.25) is 14.4 Å². The lowest BCUT2D eigenvalue weighted by Crippen LogP contribution is -2.56. The molecule has 2 aliphatic carbocycles. The molecule has 3 aromatic carbocycles. The van der Waals surface area contributed by atoms with Crippen LogP contribution in [0.3, 0.4) is 0 Å². The van der Waals surface area contributed by atoms with Gasteiger partial charge in [0.15, 0.2) is 23.0 Å². The largest absolute Gasteiger partial charge is 0.493 e. The van der Waals surface area contributed by atoms with Gasteiger partial charge in [-0.25, -0.2) is 15.0 Å². The van der Waals surface area contributed by atoms with Gasteiger partial charge in [0.25, 0.3) is 5.91 Å². The molecule has 2 saturated carbocycles. The third kappa shape index (κ3) is 8.71. The molecule has 0 spiro atoms. The first-order chi connectivity index (χ1) is 32.9. The number of aromatic nitrogens is 3. The van der Waals surface area contributed by atoms with Gasteiger partial charge in [0.1, 0.15) is 29.3 Å². The van der Waals surface area contributed by atoms with Gasteiger partial charge in [-0.2, -0.15) is 5.10 Å². The zero-order valence-electron chi connectivity index (χ0n) is 39.9. The van der Waals surface area contributed by atoms with E-state index in [4.69, 9.17) is 33.8 Å². The molecular formula is C53H61N7O8. The number of hydrazone groups is 1. The number of piperidine rings is 1. The molecule has 15 heteroatoms. The normalized spacial score (nSPS) is 19.9. The Kier molecular flexibility index (Phi) is 12.3. The van der Waals surface area contributed by atoms with E-state index >= 15 is 0 Å². The van der Waals surface area contributed by atoms with Crippen molar-refractivity contribution in [2.75, 3.05) is 40.7 Å². The van der Waals surface area contributed by atoms with Gasteiger partial charge in [0.05, 0.1) is 49.2 Å². The molecule has 1 saturated heterocycles. The smallest absolute Gasteiger partial charge is 0.255 e. The van der Waals surface area contributed by atoms with E-state index in [2.05, 4.69) is 48.2 Å². The molecular weight excluding hydrogens is 863 g/mol. The number of hydrogen-bond donors (Lipinski definition) is 2. The maximum absolute atomic E-state index is 14.9. The number of benzene rings is 3. The van der Waals surface area contributed by atoms with Crippen molar-refractivity contribution in [3.63, 3.8) is 0 Å². The van der Waals surface area contributed by atoms with Crippen molar-refractivity contribution < 1.29 is 38.1 Å². The van der Waals surface area contributed by atoms with Crippen LogP contribution in [0.15, 0.2) is 66.0 Å². The Morgan fingerprint density at radius 1 is 0.882 bits per heavy atom. The first-order valence-corrected chi connectivity index (χ1v) is 24.1. The predicted octanol–water partition coefficient (Wildman–Crippen LogP) is 8.15. The highest BCUT2D eigenvalue weighted by Crippen LogP contribution is 2.49. The van der Waals surface area contributed by atoms with Crippen molar-refractivity contribution in [2.45, 2.75) is 103 Å². The van der Waals surface area contributed by atoms with Gasteiger partial charge < -0.3 is 38.9 Å². The van der Waals surface area contributed by atoms with E-state index in [9.17, 15) is 14.4 Å². The fourth-order valence-corrected chi connectivity index (χ4v) is 10.4. The van der Waals surface area contributed by atoms with E-state index in [0.717, 1.165) is 55.4 Å². The van der Waals surface area contributed by atoms with Crippen molar-refractivity contribution in [3.8, 4) is 40.0 Å². The number of nitrogens with one attached hydrogen (secondary N) is 2. The highest BCUT2D eigenvalue weighted by Gasteiger charge is 2.44. The van der Waals surface area contributed by atoms with E-state index in [1.54, 1.807) is 19.2 Å². The molecule has 2 N–H and O–H groups in total. The topological polar surface area (TPSA) is 170 Å². The molecule has 0 radical (unpaired) electrons. The summed E-state index contributed by atoms with van der Waals surface area (Å²) in [4.78, 5) is 58.4. The van der Waals surface area contributed by atoms with Crippen LogP contribution >= 0.6 is 0 Å². The molecule has 5 aromatic rings. The number of amides is 3. The number of aryl methyl sites for hydroxylation is 1. The molecule has 2 aromatic heterocycles. The van der Waals surface area contributed by atoms with E-state index < -0.39 is 11.9 Å². The fraction of sp³-hybridized carbons (Fsp3) is 0.472. The second-order valence-corrected chi connectivity index (χ2v) is 20.0. The monoisotopic (exact) mass is 923 g/mol. The van der Waals surface area contributed by atoms with Crippen LogP contribution in [0.5, 0.6) is 28.7 Å². The molecule has 5 heterocycles. The first-order valence-electron chi connectivity index (χ1n) is 24.1. The molecule has 0 bridgehead atoms. The van der Waals surface area contributed by atoms with Crippen LogP contribution in [-0.2, 0) is 21.4 Å². The molecule has 5 aliphatic rings. The van der Waals surface area contributed by atoms with Gasteiger partial charge in [-0.05, 0) is 98.2 Å². The Labute approximate surface area is 396 Å². The fourth-order valence-electron chi connectivity index (χ4n) is 10.4. The van der Waals surface area contributed by atoms with Crippen LogP contribution in [0, 0.1) is 24.7 Å². The average Bonchev–Trinajstić information content (AvgIpc) is 3.94. The quantitative estimate of drug-likeness (QED) is 0.118. The number of ether oxygens (including phenoxy) is 5. The van der Waals surface area contributed by atoms with Gasteiger partial charge in [0.2, 0.25) is 18.6 Å². The van der Waals surface area contributed by atoms with Crippen molar-refractivity contribution in [1.82, 2.24) is 30.2 Å². The summed E-state index contributed by atoms with van der Waals surface area (Å²) < 4.78 is 29.2. The number of hydrogen-bond acceptors (Lipinski definition) is 11. The average molecular weight is 924 g/mol. The minimum absolute atomic E-state index is 0.0269. The minimum atomic E-state index is -0.898. The van der Waals surface area contributed by atoms with E-state index in [0.29, 0.717) is 101 Å². The molecule has 356 valence electrons. The third-order valence-corrected chi connectivity index (χ3v) is 14.4. The third-order valence-electron chi connectivity index (χ3n) is 14.4. The van der Waals surface area contributed by atoms with Crippen molar-refractivity contribution in [3.05, 3.63) is 88.9 Å². The summed E-state index contributed by atoms with van der Waals surface area (Å²) in [6, 6.07) is 16.7. The molecule has 3 atom stereocenters. The number of methoxy groups -OCH3 is 2. The Morgan fingerprint density at radius 3 is 2.34 bits per heavy atom. The Bertz CT molecular complexity index is 2770. The molecule has 10 rings (SSSR count). The SMILES string of the molecule is COc1ccc(C2=NN(C3CCN(C(=O)[C@@H](Cc4ccc(C(C)(C)C)cc4)NC(=O)c4c(C)[nH]c5c(-c6c(OCC7CC7)ccc7c6OCO7)ncnc45)CC3)C(=O)[C@@H]3CCCC[C@H]23)cc1OC. The summed E-state index contributed by atoms with van der Waals surface area (Å²) in [7, 11) is 3.24. The Hall–Kier alpha value is -6.64. The number of carbonyl (C=O) groups is 3. The molecule has 3 amide bonds. The van der Waals surface area contributed by atoms with Crippen LogP contribution in [0.25, 0.3) is 22.3 Å². The second kappa shape index (κ2) is 18.5. The lowest BCUT2D eigenvalue weighted by molar-refractivity contribution is -0.143. The number of aromatic amines is 1. The summed E-state index contributed by atoms with van der Waals surface area (Å²) in [5.41, 5.74) is 6.86. The Balaban J connectivity index is 0.920. The summed E-state index contributed by atoms with van der Waals surface area (Å²) in [5, 5.41) is 10.0. The number of H-pyrrole nitrogens is 1. The number of carbonyl (C=O) groups excluding carboxylic acids is 3. The van der Waals surface area contributed by atoms with Crippen LogP contribution in [0.4, 0.5) is 0 Å². The lowest BCUT2D eigenvalue weighted by atomic mass is 9.73. The summed E-state index contributed by atoms with van der Waals surface area (Å²) in [6.45, 7) is 9.77. The van der Waals surface area contributed by atoms with E-state index in [1.807, 2.05) is 54.3 Å². The Morgan fingerprint density at radius 2 is 1.62 bits per heavy atom. The maximum Gasteiger partial charge on any atom is 0.255 e. The zero-order valence-corrected chi connectivity index (χ0v) is 39.9. The molecule has 3 fully saturated rings. The van der Waals surface area contributed by atoms with Crippen molar-refractivity contribution in [1.29, 1.82) is 0 Å². The number of fused-ring (bicyclic) bond motifs is 3. The maximum atomic E-state index is 14.9. The van der Waals surface area contributed by atoms with Crippen LogP contribution < -0.4 is 29.0 Å². The van der Waals surface area contributed by atoms with Gasteiger partial charge in [-0.1, -0.05) is 57.9 Å². The van der Waals surface area contributed by atoms with Crippen molar-refractivity contribution >= 4 is 34.5 Å². The number of rotatable bonds is 13. The molecule has 0 unspecified atom stereocenters. The van der Waals surface area contributed by atoms with E-state index in [-0.39, 0.29) is 48.3 Å². The molecule has 3 aliphatic heterocycles. The lowest BCUT2D eigenvalue weighted by Gasteiger charge is -2.43. The van der Waals surface area contributed by atoms with Gasteiger partial charge in [-0.15, -0.1) is 0 Å². The summed E-state index contributed by atoms with van der Waals surface area (Å²) >= 11 is 0.